The molecule has 1 N–H and O–H groups in total. The summed E-state index contributed by atoms with van der Waals surface area (Å²) in [6, 6.07) is 29.1. The van der Waals surface area contributed by atoms with Gasteiger partial charge in [-0.1, -0.05) is 78.9 Å². The van der Waals surface area contributed by atoms with Gasteiger partial charge in [-0.25, -0.2) is 4.79 Å². The largest absolute Gasteiger partial charge is 0.462 e. The molecule has 0 aliphatic rings. The third-order valence-corrected chi connectivity index (χ3v) is 7.09. The van der Waals surface area contributed by atoms with Crippen LogP contribution >= 0.6 is 23.1 Å². The molecule has 3 aromatic carbocycles. The van der Waals surface area contributed by atoms with Crippen molar-refractivity contribution in [3.8, 4) is 11.1 Å². The molecule has 166 valence electrons. The van der Waals surface area contributed by atoms with Crippen LogP contribution in [-0.4, -0.2) is 18.5 Å². The molecule has 0 aliphatic heterocycles. The summed E-state index contributed by atoms with van der Waals surface area (Å²) in [6.45, 7) is 2.03. The van der Waals surface area contributed by atoms with Crippen LogP contribution in [-0.2, 0) is 9.53 Å². The van der Waals surface area contributed by atoms with E-state index in [0.717, 1.165) is 21.6 Å². The lowest BCUT2D eigenvalue weighted by Gasteiger charge is -2.17. The Hall–Kier alpha value is -3.35. The summed E-state index contributed by atoms with van der Waals surface area (Å²) in [5.41, 5.74) is 2.93. The normalized spacial score (nSPS) is 11.5. The average molecular weight is 474 g/mol. The fourth-order valence-corrected chi connectivity index (χ4v) is 5.41. The van der Waals surface area contributed by atoms with Crippen molar-refractivity contribution in [1.29, 1.82) is 0 Å². The van der Waals surface area contributed by atoms with Gasteiger partial charge in [-0.2, -0.15) is 0 Å². The Morgan fingerprint density at radius 2 is 1.52 bits per heavy atom. The number of ether oxygens (including phenoxy) is 1. The summed E-state index contributed by atoms with van der Waals surface area (Å²) in [6.07, 6.45) is 0. The summed E-state index contributed by atoms with van der Waals surface area (Å²) in [5.74, 6) is -0.637. The highest BCUT2D eigenvalue weighted by atomic mass is 32.2. The molecular weight excluding hydrogens is 450 g/mol. The van der Waals surface area contributed by atoms with E-state index in [9.17, 15) is 9.59 Å². The topological polar surface area (TPSA) is 55.4 Å². The standard InChI is InChI=1S/C27H23NO3S2/c1-2-31-27(30)23-22(19-12-6-3-7-13-19)18-32-26(23)28-25(29)24(20-14-8-4-9-15-20)33-21-16-10-5-11-17-21/h3-18,24H,2H2,1H3,(H,28,29). The van der Waals surface area contributed by atoms with Gasteiger partial charge in [0.2, 0.25) is 5.91 Å². The second-order valence-electron chi connectivity index (χ2n) is 7.15. The van der Waals surface area contributed by atoms with Crippen LogP contribution in [0.1, 0.15) is 28.1 Å². The highest BCUT2D eigenvalue weighted by Crippen LogP contribution is 2.40. The van der Waals surface area contributed by atoms with Gasteiger partial charge in [-0.15, -0.1) is 23.1 Å². The van der Waals surface area contributed by atoms with E-state index in [1.54, 1.807) is 6.92 Å². The van der Waals surface area contributed by atoms with Crippen LogP contribution in [0.5, 0.6) is 0 Å². The molecule has 0 aliphatic carbocycles. The molecule has 6 heteroatoms. The zero-order chi connectivity index (χ0) is 23.0. The monoisotopic (exact) mass is 473 g/mol. The van der Waals surface area contributed by atoms with Crippen molar-refractivity contribution in [2.45, 2.75) is 17.1 Å². The summed E-state index contributed by atoms with van der Waals surface area (Å²) >= 11 is 2.80. The fourth-order valence-electron chi connectivity index (χ4n) is 3.40. The summed E-state index contributed by atoms with van der Waals surface area (Å²) in [5, 5.41) is 4.92. The molecule has 0 spiro atoms. The summed E-state index contributed by atoms with van der Waals surface area (Å²) < 4.78 is 5.32. The first-order valence-electron chi connectivity index (χ1n) is 10.6. The maximum atomic E-state index is 13.5. The Balaban J connectivity index is 1.68. The minimum Gasteiger partial charge on any atom is -0.462 e. The Kier molecular flexibility index (Phi) is 7.60. The lowest BCUT2D eigenvalue weighted by Crippen LogP contribution is -2.20. The lowest BCUT2D eigenvalue weighted by molar-refractivity contribution is -0.115. The van der Waals surface area contributed by atoms with E-state index in [1.807, 2.05) is 96.4 Å². The number of esters is 1. The van der Waals surface area contributed by atoms with E-state index in [0.29, 0.717) is 10.6 Å². The zero-order valence-corrected chi connectivity index (χ0v) is 19.7. The SMILES string of the molecule is CCOC(=O)c1c(-c2ccccc2)csc1NC(=O)C(Sc1ccccc1)c1ccccc1. The number of thiophene rings is 1. The first kappa shape index (κ1) is 22.8. The molecule has 4 rings (SSSR count). The summed E-state index contributed by atoms with van der Waals surface area (Å²) in [4.78, 5) is 27.4. The van der Waals surface area contributed by atoms with Crippen molar-refractivity contribution in [3.63, 3.8) is 0 Å². The quantitative estimate of drug-likeness (QED) is 0.220. The van der Waals surface area contributed by atoms with Crippen LogP contribution in [0.15, 0.2) is 101 Å². The van der Waals surface area contributed by atoms with Crippen molar-refractivity contribution in [3.05, 3.63) is 108 Å². The Morgan fingerprint density at radius 1 is 0.909 bits per heavy atom. The minimum atomic E-state index is -0.481. The third kappa shape index (κ3) is 5.53. The molecule has 0 fully saturated rings. The van der Waals surface area contributed by atoms with Crippen LogP contribution in [0.2, 0.25) is 0 Å². The predicted molar refractivity (Wildman–Crippen MR) is 136 cm³/mol. The number of carbonyl (C=O) groups is 2. The number of amides is 1. The Bertz CT molecular complexity index is 1210. The van der Waals surface area contributed by atoms with Crippen molar-refractivity contribution < 1.29 is 14.3 Å². The lowest BCUT2D eigenvalue weighted by atomic mass is 10.0. The molecule has 0 radical (unpaired) electrons. The van der Waals surface area contributed by atoms with E-state index in [1.165, 1.54) is 23.1 Å². The molecule has 0 saturated carbocycles. The maximum Gasteiger partial charge on any atom is 0.341 e. The van der Waals surface area contributed by atoms with Gasteiger partial charge in [0.25, 0.3) is 0 Å². The molecule has 0 bridgehead atoms. The van der Waals surface area contributed by atoms with Crippen LogP contribution in [0.4, 0.5) is 5.00 Å². The number of carbonyl (C=O) groups excluding carboxylic acids is 2. The van der Waals surface area contributed by atoms with Gasteiger partial charge >= 0.3 is 5.97 Å². The second-order valence-corrected chi connectivity index (χ2v) is 9.21. The molecule has 0 saturated heterocycles. The van der Waals surface area contributed by atoms with E-state index < -0.39 is 11.2 Å². The van der Waals surface area contributed by atoms with Crippen LogP contribution in [0.25, 0.3) is 11.1 Å². The second kappa shape index (κ2) is 11.0. The van der Waals surface area contributed by atoms with E-state index in [2.05, 4.69) is 5.32 Å². The number of benzene rings is 3. The van der Waals surface area contributed by atoms with Crippen molar-refractivity contribution in [2.75, 3.05) is 11.9 Å². The number of hydrogen-bond donors (Lipinski definition) is 1. The van der Waals surface area contributed by atoms with Crippen molar-refractivity contribution >= 4 is 40.0 Å². The minimum absolute atomic E-state index is 0.193. The zero-order valence-electron chi connectivity index (χ0n) is 18.1. The number of nitrogens with one attached hydrogen (secondary N) is 1. The molecule has 1 unspecified atom stereocenters. The molecule has 4 nitrogen and oxygen atoms in total. The highest BCUT2D eigenvalue weighted by Gasteiger charge is 2.27. The third-order valence-electron chi connectivity index (χ3n) is 4.93. The van der Waals surface area contributed by atoms with Gasteiger partial charge in [0.1, 0.15) is 15.8 Å². The van der Waals surface area contributed by atoms with Crippen molar-refractivity contribution in [1.82, 2.24) is 0 Å². The average Bonchev–Trinajstić information content (AvgIpc) is 3.28. The van der Waals surface area contributed by atoms with Crippen LogP contribution in [0.3, 0.4) is 0 Å². The van der Waals surface area contributed by atoms with E-state index >= 15 is 0 Å². The molecule has 4 aromatic rings. The molecule has 1 aromatic heterocycles. The molecule has 1 heterocycles. The van der Waals surface area contributed by atoms with E-state index in [4.69, 9.17) is 4.74 Å². The highest BCUT2D eigenvalue weighted by molar-refractivity contribution is 8.00. The number of hydrogen-bond acceptors (Lipinski definition) is 5. The predicted octanol–water partition coefficient (Wildman–Crippen LogP) is 7.06. The Morgan fingerprint density at radius 3 is 2.15 bits per heavy atom. The smallest absolute Gasteiger partial charge is 0.341 e. The van der Waals surface area contributed by atoms with E-state index in [-0.39, 0.29) is 12.5 Å². The number of anilines is 1. The van der Waals surface area contributed by atoms with Crippen LogP contribution in [0, 0.1) is 0 Å². The molecule has 1 amide bonds. The Labute approximate surface area is 201 Å². The molecule has 33 heavy (non-hydrogen) atoms. The van der Waals surface area contributed by atoms with Gasteiger partial charge in [0, 0.05) is 15.8 Å². The molecule has 1 atom stereocenters. The number of thioether (sulfide) groups is 1. The summed E-state index contributed by atoms with van der Waals surface area (Å²) in [7, 11) is 0. The maximum absolute atomic E-state index is 13.5. The number of rotatable bonds is 8. The van der Waals surface area contributed by atoms with Gasteiger partial charge < -0.3 is 10.1 Å². The first-order valence-corrected chi connectivity index (χ1v) is 12.3. The molecular formula is C27H23NO3S2. The van der Waals surface area contributed by atoms with Crippen LogP contribution < -0.4 is 5.32 Å². The van der Waals surface area contributed by atoms with Gasteiger partial charge in [-0.05, 0) is 30.2 Å². The fraction of sp³-hybridized carbons (Fsp3) is 0.111. The van der Waals surface area contributed by atoms with Gasteiger partial charge in [0.05, 0.1) is 6.61 Å². The van der Waals surface area contributed by atoms with Crippen molar-refractivity contribution in [2.24, 2.45) is 0 Å². The first-order chi connectivity index (χ1) is 16.2. The van der Waals surface area contributed by atoms with Gasteiger partial charge in [0.15, 0.2) is 0 Å². The van der Waals surface area contributed by atoms with Gasteiger partial charge in [-0.3, -0.25) is 4.79 Å².